The molecule has 0 aliphatic heterocycles. The van der Waals surface area contributed by atoms with Gasteiger partial charge in [0.15, 0.2) is 0 Å². The number of carboxylic acids is 2. The Bertz CT molecular complexity index is 368. The zero-order valence-corrected chi connectivity index (χ0v) is 15.9. The standard InChI is InChI=1S/C18H33NO5.Li/c1-2-3-4-5-6-7-12-19(15-16-20,13-8-10-17(21)22)14-9-11-18(23)24;/h7,12,20H,2-6,8-11,13-16H2,1H3,(H-,21,22,23,24);/q;+1/b12-7+;. The van der Waals surface area contributed by atoms with Crippen LogP contribution in [-0.4, -0.2) is 52.9 Å². The average molecular weight is 350 g/mol. The van der Waals surface area contributed by atoms with E-state index in [0.29, 0.717) is 37.0 Å². The summed E-state index contributed by atoms with van der Waals surface area (Å²) in [6.45, 7) is 3.78. The van der Waals surface area contributed by atoms with Gasteiger partial charge in [0.05, 0.1) is 32.3 Å². The molecule has 0 rings (SSSR count). The number of hydrogen-bond donors (Lipinski definition) is 2. The van der Waals surface area contributed by atoms with E-state index >= 15 is 0 Å². The second-order valence-corrected chi connectivity index (χ2v) is 6.32. The third-order valence-electron chi connectivity index (χ3n) is 4.17. The van der Waals surface area contributed by atoms with Crippen LogP contribution in [0.3, 0.4) is 0 Å². The SMILES string of the molecule is CCCCCC/C=C/[N+](CCO)(CCCC(=O)[O-])CCCC(=O)O.[Li+]. The Labute approximate surface area is 163 Å². The Balaban J connectivity index is 0. The van der Waals surface area contributed by atoms with Gasteiger partial charge in [-0.1, -0.05) is 26.2 Å². The van der Waals surface area contributed by atoms with Crippen LogP contribution in [0.4, 0.5) is 0 Å². The zero-order chi connectivity index (χ0) is 18.3. The number of nitrogens with zero attached hydrogens (tertiary/aromatic N) is 1. The smallest absolute Gasteiger partial charge is 0.550 e. The molecule has 0 aromatic rings. The molecule has 2 N–H and O–H groups in total. The predicted octanol–water partition coefficient (Wildman–Crippen LogP) is -1.32. The van der Waals surface area contributed by atoms with E-state index in [2.05, 4.69) is 13.0 Å². The van der Waals surface area contributed by atoms with Crippen LogP contribution in [-0.2, 0) is 9.59 Å². The molecule has 0 heterocycles. The first-order valence-corrected chi connectivity index (χ1v) is 9.01. The van der Waals surface area contributed by atoms with Crippen LogP contribution >= 0.6 is 0 Å². The molecule has 0 fully saturated rings. The van der Waals surface area contributed by atoms with Crippen molar-refractivity contribution in [3.63, 3.8) is 0 Å². The number of hydrogen-bond acceptors (Lipinski definition) is 4. The van der Waals surface area contributed by atoms with Gasteiger partial charge in [-0.25, -0.2) is 0 Å². The van der Waals surface area contributed by atoms with Crippen LogP contribution in [0.1, 0.15) is 64.7 Å². The molecule has 25 heavy (non-hydrogen) atoms. The monoisotopic (exact) mass is 350 g/mol. The van der Waals surface area contributed by atoms with Crippen LogP contribution in [0.15, 0.2) is 12.3 Å². The molecular weight excluding hydrogens is 317 g/mol. The minimum atomic E-state index is -1.08. The maximum atomic E-state index is 10.7. The first-order valence-electron chi connectivity index (χ1n) is 9.01. The molecule has 140 valence electrons. The van der Waals surface area contributed by atoms with Crippen molar-refractivity contribution in [2.45, 2.75) is 64.7 Å². The number of carboxylic acid groups (broad SMARTS) is 2. The van der Waals surface area contributed by atoms with E-state index in [4.69, 9.17) is 5.11 Å². The van der Waals surface area contributed by atoms with Gasteiger partial charge in [0, 0.05) is 18.8 Å². The van der Waals surface area contributed by atoms with Crippen LogP contribution in [0.5, 0.6) is 0 Å². The number of aliphatic carboxylic acids is 2. The predicted molar refractivity (Wildman–Crippen MR) is 91.0 cm³/mol. The Hall–Kier alpha value is -0.803. The Kier molecular flexibility index (Phi) is 17.6. The summed E-state index contributed by atoms with van der Waals surface area (Å²) in [5.41, 5.74) is 0. The fourth-order valence-corrected chi connectivity index (χ4v) is 2.83. The molecule has 0 aliphatic carbocycles. The fraction of sp³-hybridized carbons (Fsp3) is 0.778. The summed E-state index contributed by atoms with van der Waals surface area (Å²) in [6.07, 6.45) is 10.8. The second kappa shape index (κ2) is 16.7. The summed E-state index contributed by atoms with van der Waals surface area (Å²) in [6, 6.07) is 0. The van der Waals surface area contributed by atoms with Gasteiger partial charge in [0.1, 0.15) is 6.54 Å². The van der Waals surface area contributed by atoms with E-state index in [0.717, 1.165) is 12.8 Å². The summed E-state index contributed by atoms with van der Waals surface area (Å²) in [4.78, 5) is 21.4. The summed E-state index contributed by atoms with van der Waals surface area (Å²) < 4.78 is 0.435. The van der Waals surface area contributed by atoms with Crippen molar-refractivity contribution in [3.05, 3.63) is 12.3 Å². The van der Waals surface area contributed by atoms with E-state index in [1.165, 1.54) is 19.3 Å². The zero-order valence-electron chi connectivity index (χ0n) is 15.9. The van der Waals surface area contributed by atoms with Crippen molar-refractivity contribution in [1.82, 2.24) is 0 Å². The summed E-state index contributed by atoms with van der Waals surface area (Å²) in [5, 5.41) is 28.9. The molecule has 0 bridgehead atoms. The molecule has 7 heteroatoms. The topological polar surface area (TPSA) is 97.7 Å². The molecule has 0 spiro atoms. The van der Waals surface area contributed by atoms with Crippen molar-refractivity contribution in [1.29, 1.82) is 0 Å². The van der Waals surface area contributed by atoms with Crippen molar-refractivity contribution < 1.29 is 48.3 Å². The number of carbonyl (C=O) groups is 2. The Morgan fingerprint density at radius 2 is 1.64 bits per heavy atom. The first kappa shape index (κ1) is 26.4. The van der Waals surface area contributed by atoms with Gasteiger partial charge in [-0.2, -0.15) is 0 Å². The Morgan fingerprint density at radius 3 is 2.16 bits per heavy atom. The molecule has 0 aromatic carbocycles. The van der Waals surface area contributed by atoms with E-state index in [-0.39, 0.29) is 38.3 Å². The van der Waals surface area contributed by atoms with Crippen molar-refractivity contribution in [2.24, 2.45) is 0 Å². The van der Waals surface area contributed by atoms with Gasteiger partial charge >= 0.3 is 24.8 Å². The number of unbranched alkanes of at least 4 members (excludes halogenated alkanes) is 4. The van der Waals surface area contributed by atoms with Crippen molar-refractivity contribution in [3.8, 4) is 0 Å². The number of quaternary nitrogens is 1. The molecule has 0 aliphatic rings. The van der Waals surface area contributed by atoms with Crippen LogP contribution in [0.25, 0.3) is 0 Å². The van der Waals surface area contributed by atoms with Gasteiger partial charge in [-0.15, -0.1) is 0 Å². The van der Waals surface area contributed by atoms with E-state index < -0.39 is 11.9 Å². The van der Waals surface area contributed by atoms with E-state index in [1.807, 2.05) is 6.20 Å². The van der Waals surface area contributed by atoms with Crippen LogP contribution < -0.4 is 24.0 Å². The molecule has 6 nitrogen and oxygen atoms in total. The fourth-order valence-electron chi connectivity index (χ4n) is 2.83. The van der Waals surface area contributed by atoms with Gasteiger partial charge in [-0.05, 0) is 25.3 Å². The third-order valence-corrected chi connectivity index (χ3v) is 4.17. The summed E-state index contributed by atoms with van der Waals surface area (Å²) >= 11 is 0. The third kappa shape index (κ3) is 15.2. The van der Waals surface area contributed by atoms with E-state index in [9.17, 15) is 19.8 Å². The molecular formula is C18H33LiNO5+. The van der Waals surface area contributed by atoms with Crippen molar-refractivity contribution in [2.75, 3.05) is 26.2 Å². The second-order valence-electron chi connectivity index (χ2n) is 6.32. The van der Waals surface area contributed by atoms with Gasteiger partial charge in [-0.3, -0.25) is 9.28 Å². The quantitative estimate of drug-likeness (QED) is 0.204. The molecule has 0 amide bonds. The minimum absolute atomic E-state index is 0. The number of aliphatic hydroxyl groups excluding tert-OH is 1. The number of allylic oxidation sites excluding steroid dienone is 1. The molecule has 1 unspecified atom stereocenters. The molecule has 1 atom stereocenters. The molecule has 0 aromatic heterocycles. The maximum absolute atomic E-state index is 10.7. The summed E-state index contributed by atoms with van der Waals surface area (Å²) in [7, 11) is 0. The molecule has 0 radical (unpaired) electrons. The number of aliphatic hydroxyl groups is 1. The average Bonchev–Trinajstić information content (AvgIpc) is 2.50. The number of carbonyl (C=O) groups excluding carboxylic acids is 1. The van der Waals surface area contributed by atoms with Gasteiger partial charge in [0.2, 0.25) is 0 Å². The molecule has 0 saturated heterocycles. The largest absolute Gasteiger partial charge is 1.00 e. The van der Waals surface area contributed by atoms with Gasteiger partial charge < -0.3 is 20.1 Å². The van der Waals surface area contributed by atoms with Crippen LogP contribution in [0.2, 0.25) is 0 Å². The van der Waals surface area contributed by atoms with Gasteiger partial charge in [0.25, 0.3) is 0 Å². The van der Waals surface area contributed by atoms with E-state index in [1.54, 1.807) is 0 Å². The van der Waals surface area contributed by atoms with Crippen LogP contribution in [0, 0.1) is 0 Å². The Morgan fingerprint density at radius 1 is 1.00 bits per heavy atom. The normalized spacial score (nSPS) is 13.4. The molecule has 0 saturated carbocycles. The minimum Gasteiger partial charge on any atom is -0.550 e. The maximum Gasteiger partial charge on any atom is 1.00 e. The number of rotatable bonds is 16. The first-order chi connectivity index (χ1) is 11.5. The summed E-state index contributed by atoms with van der Waals surface area (Å²) in [5.74, 6) is -1.92. The van der Waals surface area contributed by atoms with Crippen molar-refractivity contribution >= 4 is 11.9 Å².